The molecule has 2 heterocycles. The zero-order valence-corrected chi connectivity index (χ0v) is 15.5. The Balaban J connectivity index is 1.64. The molecule has 0 saturated heterocycles. The van der Waals surface area contributed by atoms with Gasteiger partial charge >= 0.3 is 0 Å². The molecule has 0 spiro atoms. The monoisotopic (exact) mass is 403 g/mol. The first-order valence-corrected chi connectivity index (χ1v) is 8.72. The van der Waals surface area contributed by atoms with Crippen molar-refractivity contribution in [3.63, 3.8) is 0 Å². The Hall–Kier alpha value is -2.55. The summed E-state index contributed by atoms with van der Waals surface area (Å²) in [5.41, 5.74) is 1.68. The summed E-state index contributed by atoms with van der Waals surface area (Å²) in [6.07, 6.45) is 0. The third-order valence-corrected chi connectivity index (χ3v) is 4.44. The fourth-order valence-electron chi connectivity index (χ4n) is 2.44. The van der Waals surface area contributed by atoms with Gasteiger partial charge in [-0.05, 0) is 66.0 Å². The molecule has 26 heavy (non-hydrogen) atoms. The molecule has 0 amide bonds. The number of nitrogens with one attached hydrogen (secondary N) is 1. The van der Waals surface area contributed by atoms with Crippen LogP contribution in [0.2, 0.25) is 10.0 Å². The van der Waals surface area contributed by atoms with Crippen LogP contribution in [0.25, 0.3) is 17.1 Å². The second kappa shape index (κ2) is 6.99. The van der Waals surface area contributed by atoms with Crippen molar-refractivity contribution in [3.8, 4) is 17.1 Å². The van der Waals surface area contributed by atoms with Crippen LogP contribution < -0.4 is 0 Å². The van der Waals surface area contributed by atoms with Crippen molar-refractivity contribution < 1.29 is 0 Å². The van der Waals surface area contributed by atoms with Crippen LogP contribution in [0.15, 0.2) is 48.5 Å². The standard InChI is InChI=1S/C16H11Cl2N7S/c17-11-3-1-10(2-4-11)15-20-23-24(22-15)9-14-19-21-16(26)25(14)13-7-5-12(18)6-8-13/h1-8H,9H2,(H,21,26). The van der Waals surface area contributed by atoms with Crippen LogP contribution in [0.3, 0.4) is 0 Å². The van der Waals surface area contributed by atoms with Gasteiger partial charge in [0.05, 0.1) is 0 Å². The molecule has 4 rings (SSSR count). The molecule has 7 nitrogen and oxygen atoms in total. The summed E-state index contributed by atoms with van der Waals surface area (Å²) in [5.74, 6) is 1.16. The molecule has 0 fully saturated rings. The first-order chi connectivity index (χ1) is 12.6. The lowest BCUT2D eigenvalue weighted by atomic mass is 10.2. The number of aromatic nitrogens is 7. The first-order valence-electron chi connectivity index (χ1n) is 7.56. The molecule has 10 heteroatoms. The lowest BCUT2D eigenvalue weighted by molar-refractivity contribution is 0.548. The van der Waals surface area contributed by atoms with Crippen LogP contribution in [0.5, 0.6) is 0 Å². The molecule has 0 radical (unpaired) electrons. The summed E-state index contributed by atoms with van der Waals surface area (Å²) >= 11 is 17.2. The van der Waals surface area contributed by atoms with E-state index in [1.54, 1.807) is 28.8 Å². The largest absolute Gasteiger partial charge is 0.271 e. The van der Waals surface area contributed by atoms with Crippen molar-refractivity contribution in [2.75, 3.05) is 0 Å². The molecular weight excluding hydrogens is 393 g/mol. The van der Waals surface area contributed by atoms with E-state index in [4.69, 9.17) is 35.4 Å². The van der Waals surface area contributed by atoms with Gasteiger partial charge in [-0.25, -0.2) is 0 Å². The fourth-order valence-corrected chi connectivity index (χ4v) is 2.95. The van der Waals surface area contributed by atoms with E-state index in [0.29, 0.717) is 33.0 Å². The van der Waals surface area contributed by atoms with Crippen molar-refractivity contribution in [1.29, 1.82) is 0 Å². The van der Waals surface area contributed by atoms with Gasteiger partial charge in [-0.2, -0.15) is 9.90 Å². The lowest BCUT2D eigenvalue weighted by Gasteiger charge is -2.06. The predicted octanol–water partition coefficient (Wildman–Crippen LogP) is 3.94. The molecule has 0 aliphatic heterocycles. The third-order valence-electron chi connectivity index (χ3n) is 3.66. The van der Waals surface area contributed by atoms with E-state index in [2.05, 4.69) is 25.6 Å². The number of hydrogen-bond donors (Lipinski definition) is 1. The molecule has 0 atom stereocenters. The van der Waals surface area contributed by atoms with Gasteiger partial charge < -0.3 is 0 Å². The van der Waals surface area contributed by atoms with Crippen LogP contribution in [0.1, 0.15) is 5.82 Å². The first kappa shape index (κ1) is 16.9. The molecule has 1 N–H and O–H groups in total. The normalized spacial score (nSPS) is 11.0. The van der Waals surface area contributed by atoms with E-state index in [1.807, 2.05) is 24.3 Å². The second-order valence-electron chi connectivity index (χ2n) is 5.41. The Morgan fingerprint density at radius 1 is 0.962 bits per heavy atom. The second-order valence-corrected chi connectivity index (χ2v) is 6.67. The summed E-state index contributed by atoms with van der Waals surface area (Å²) < 4.78 is 2.28. The topological polar surface area (TPSA) is 77.2 Å². The maximum Gasteiger partial charge on any atom is 0.204 e. The molecule has 2 aromatic heterocycles. The molecule has 0 bridgehead atoms. The van der Waals surface area contributed by atoms with E-state index in [9.17, 15) is 0 Å². The van der Waals surface area contributed by atoms with Crippen molar-refractivity contribution in [2.24, 2.45) is 0 Å². The molecule has 0 aliphatic rings. The molecule has 130 valence electrons. The highest BCUT2D eigenvalue weighted by molar-refractivity contribution is 7.71. The highest BCUT2D eigenvalue weighted by Gasteiger charge is 2.12. The van der Waals surface area contributed by atoms with Gasteiger partial charge in [0, 0.05) is 21.3 Å². The quantitative estimate of drug-likeness (QED) is 0.522. The number of benzene rings is 2. The minimum atomic E-state index is 0.302. The maximum absolute atomic E-state index is 5.95. The van der Waals surface area contributed by atoms with Crippen molar-refractivity contribution in [3.05, 3.63) is 69.2 Å². The smallest absolute Gasteiger partial charge is 0.204 e. The van der Waals surface area contributed by atoms with Gasteiger partial charge in [0.2, 0.25) is 5.82 Å². The number of rotatable bonds is 4. The number of hydrogen-bond acceptors (Lipinski definition) is 5. The van der Waals surface area contributed by atoms with Gasteiger partial charge in [-0.15, -0.1) is 10.2 Å². The minimum Gasteiger partial charge on any atom is -0.271 e. The predicted molar refractivity (Wildman–Crippen MR) is 101 cm³/mol. The molecular formula is C16H11Cl2N7S. The Kier molecular flexibility index (Phi) is 4.54. The van der Waals surface area contributed by atoms with Crippen molar-refractivity contribution in [1.82, 2.24) is 35.0 Å². The van der Waals surface area contributed by atoms with Crippen LogP contribution in [0.4, 0.5) is 0 Å². The number of aromatic amines is 1. The zero-order chi connectivity index (χ0) is 18.1. The summed E-state index contributed by atoms with van der Waals surface area (Å²) in [6.45, 7) is 0.302. The van der Waals surface area contributed by atoms with Gasteiger partial charge in [0.25, 0.3) is 0 Å². The Bertz CT molecular complexity index is 1100. The Labute approximate surface area is 163 Å². The summed E-state index contributed by atoms with van der Waals surface area (Å²) in [7, 11) is 0. The molecule has 0 saturated carbocycles. The van der Waals surface area contributed by atoms with Gasteiger partial charge in [0.1, 0.15) is 6.54 Å². The van der Waals surface area contributed by atoms with Gasteiger partial charge in [-0.1, -0.05) is 23.2 Å². The van der Waals surface area contributed by atoms with Crippen LogP contribution in [-0.4, -0.2) is 35.0 Å². The van der Waals surface area contributed by atoms with Gasteiger partial charge in [0.15, 0.2) is 10.6 Å². The van der Waals surface area contributed by atoms with E-state index < -0.39 is 0 Å². The molecule has 2 aromatic carbocycles. The number of halogens is 2. The zero-order valence-electron chi connectivity index (χ0n) is 13.2. The average molecular weight is 404 g/mol. The molecule has 4 aromatic rings. The van der Waals surface area contributed by atoms with E-state index in [-0.39, 0.29) is 0 Å². The van der Waals surface area contributed by atoms with Crippen LogP contribution in [0, 0.1) is 4.77 Å². The number of H-pyrrole nitrogens is 1. The highest BCUT2D eigenvalue weighted by Crippen LogP contribution is 2.18. The minimum absolute atomic E-state index is 0.302. The van der Waals surface area contributed by atoms with E-state index >= 15 is 0 Å². The van der Waals surface area contributed by atoms with Gasteiger partial charge in [-0.3, -0.25) is 9.67 Å². The highest BCUT2D eigenvalue weighted by atomic mass is 35.5. The Morgan fingerprint density at radius 3 is 2.31 bits per heavy atom. The molecule has 0 aliphatic carbocycles. The summed E-state index contributed by atoms with van der Waals surface area (Å²) in [4.78, 5) is 1.46. The maximum atomic E-state index is 5.95. The summed E-state index contributed by atoms with van der Waals surface area (Å²) in [5, 5.41) is 20.9. The SMILES string of the molecule is S=c1[nH]nc(Cn2nnc(-c3ccc(Cl)cc3)n2)n1-c1ccc(Cl)cc1. The van der Waals surface area contributed by atoms with Crippen LogP contribution >= 0.6 is 35.4 Å². The Morgan fingerprint density at radius 2 is 1.62 bits per heavy atom. The fraction of sp³-hybridized carbons (Fsp3) is 0.0625. The number of tetrazole rings is 1. The summed E-state index contributed by atoms with van der Waals surface area (Å²) in [6, 6.07) is 14.6. The average Bonchev–Trinajstić information content (AvgIpc) is 3.24. The number of nitrogens with zero attached hydrogens (tertiary/aromatic N) is 6. The lowest BCUT2D eigenvalue weighted by Crippen LogP contribution is -2.10. The van der Waals surface area contributed by atoms with Crippen LogP contribution in [-0.2, 0) is 6.54 Å². The van der Waals surface area contributed by atoms with Crippen molar-refractivity contribution >= 4 is 35.4 Å². The van der Waals surface area contributed by atoms with E-state index in [0.717, 1.165) is 11.3 Å². The molecule has 0 unspecified atom stereocenters. The van der Waals surface area contributed by atoms with E-state index in [1.165, 1.54) is 4.80 Å². The third kappa shape index (κ3) is 3.39. The van der Waals surface area contributed by atoms with Crippen molar-refractivity contribution in [2.45, 2.75) is 6.54 Å².